The smallest absolute Gasteiger partial charge is 0.0113 e. The minimum absolute atomic E-state index is 0.334. The number of rotatable bonds is 7. The summed E-state index contributed by atoms with van der Waals surface area (Å²) in [5, 5.41) is 0. The molecule has 2 aliphatic rings. The van der Waals surface area contributed by atoms with Gasteiger partial charge >= 0.3 is 0 Å². The third kappa shape index (κ3) is 5.01. The fraction of sp³-hybridized carbons (Fsp3) is 1.00. The summed E-state index contributed by atoms with van der Waals surface area (Å²) in [6, 6.07) is 0.919. The van der Waals surface area contributed by atoms with E-state index in [1.54, 1.807) is 0 Å². The quantitative estimate of drug-likeness (QED) is 0.728. The van der Waals surface area contributed by atoms with Gasteiger partial charge in [-0.25, -0.2) is 0 Å². The van der Waals surface area contributed by atoms with Crippen LogP contribution in [0.15, 0.2) is 0 Å². The first kappa shape index (κ1) is 16.3. The second kappa shape index (κ2) is 7.77. The maximum atomic E-state index is 5.79. The van der Waals surface area contributed by atoms with E-state index >= 15 is 0 Å². The molecule has 20 heavy (non-hydrogen) atoms. The largest absolute Gasteiger partial charge is 0.330 e. The van der Waals surface area contributed by atoms with E-state index in [0.29, 0.717) is 5.41 Å². The van der Waals surface area contributed by atoms with Crippen molar-refractivity contribution in [2.45, 2.75) is 64.8 Å². The van der Waals surface area contributed by atoms with Crippen molar-refractivity contribution in [3.63, 3.8) is 0 Å². The number of piperazine rings is 1. The molecule has 1 aliphatic carbocycles. The lowest BCUT2D eigenvalue weighted by Crippen LogP contribution is -2.49. The van der Waals surface area contributed by atoms with Gasteiger partial charge in [0.1, 0.15) is 0 Å². The van der Waals surface area contributed by atoms with Crippen LogP contribution in [-0.2, 0) is 0 Å². The van der Waals surface area contributed by atoms with Gasteiger partial charge in [-0.15, -0.1) is 0 Å². The monoisotopic (exact) mass is 281 g/mol. The van der Waals surface area contributed by atoms with Crippen LogP contribution in [0.2, 0.25) is 0 Å². The SMILES string of the molecule is CC(C)(CN)CCCCN1CCN(C2CCCC2)CC1. The zero-order chi connectivity index (χ0) is 14.4. The van der Waals surface area contributed by atoms with Crippen molar-refractivity contribution in [3.05, 3.63) is 0 Å². The molecule has 1 heterocycles. The highest BCUT2D eigenvalue weighted by Gasteiger charge is 2.25. The summed E-state index contributed by atoms with van der Waals surface area (Å²) >= 11 is 0. The highest BCUT2D eigenvalue weighted by molar-refractivity contribution is 4.82. The Morgan fingerprint density at radius 2 is 1.65 bits per heavy atom. The lowest BCUT2D eigenvalue weighted by atomic mass is 9.87. The van der Waals surface area contributed by atoms with E-state index in [0.717, 1.165) is 12.6 Å². The van der Waals surface area contributed by atoms with Crippen molar-refractivity contribution < 1.29 is 0 Å². The number of nitrogens with zero attached hydrogens (tertiary/aromatic N) is 2. The number of nitrogens with two attached hydrogens (primary N) is 1. The average Bonchev–Trinajstić information content (AvgIpc) is 2.98. The van der Waals surface area contributed by atoms with Crippen LogP contribution >= 0.6 is 0 Å². The summed E-state index contributed by atoms with van der Waals surface area (Å²) in [5.74, 6) is 0. The minimum Gasteiger partial charge on any atom is -0.330 e. The van der Waals surface area contributed by atoms with Crippen LogP contribution in [0.1, 0.15) is 58.8 Å². The van der Waals surface area contributed by atoms with Gasteiger partial charge < -0.3 is 10.6 Å². The van der Waals surface area contributed by atoms with E-state index in [9.17, 15) is 0 Å². The van der Waals surface area contributed by atoms with E-state index in [1.165, 1.54) is 77.7 Å². The Labute approximate surface area is 125 Å². The predicted molar refractivity (Wildman–Crippen MR) is 87.0 cm³/mol. The van der Waals surface area contributed by atoms with Gasteiger partial charge in [-0.2, -0.15) is 0 Å². The van der Waals surface area contributed by atoms with Gasteiger partial charge in [0.25, 0.3) is 0 Å². The second-order valence-corrected chi connectivity index (χ2v) is 7.64. The van der Waals surface area contributed by atoms with Gasteiger partial charge in [0.2, 0.25) is 0 Å². The molecule has 0 amide bonds. The van der Waals surface area contributed by atoms with E-state index < -0.39 is 0 Å². The van der Waals surface area contributed by atoms with Gasteiger partial charge in [-0.05, 0) is 44.2 Å². The number of unbranched alkanes of at least 4 members (excludes halogenated alkanes) is 1. The van der Waals surface area contributed by atoms with Crippen molar-refractivity contribution in [3.8, 4) is 0 Å². The topological polar surface area (TPSA) is 32.5 Å². The van der Waals surface area contributed by atoms with Crippen molar-refractivity contribution in [2.24, 2.45) is 11.1 Å². The summed E-state index contributed by atoms with van der Waals surface area (Å²) in [4.78, 5) is 5.42. The van der Waals surface area contributed by atoms with Gasteiger partial charge in [-0.3, -0.25) is 4.90 Å². The van der Waals surface area contributed by atoms with E-state index in [1.807, 2.05) is 0 Å². The molecule has 2 rings (SSSR count). The fourth-order valence-corrected chi connectivity index (χ4v) is 3.66. The Hall–Kier alpha value is -0.120. The Kier molecular flexibility index (Phi) is 6.31. The van der Waals surface area contributed by atoms with Crippen LogP contribution in [0.5, 0.6) is 0 Å². The first-order chi connectivity index (χ1) is 9.61. The summed E-state index contributed by atoms with van der Waals surface area (Å²) in [6.07, 6.45) is 9.76. The van der Waals surface area contributed by atoms with Crippen molar-refractivity contribution in [1.29, 1.82) is 0 Å². The number of hydrogen-bond donors (Lipinski definition) is 1. The molecule has 0 radical (unpaired) electrons. The molecule has 1 saturated carbocycles. The van der Waals surface area contributed by atoms with E-state index in [2.05, 4.69) is 23.6 Å². The van der Waals surface area contributed by atoms with Gasteiger partial charge in [0.05, 0.1) is 0 Å². The molecule has 0 spiro atoms. The van der Waals surface area contributed by atoms with Gasteiger partial charge in [0.15, 0.2) is 0 Å². The van der Waals surface area contributed by atoms with Gasteiger partial charge in [-0.1, -0.05) is 33.1 Å². The first-order valence-corrected chi connectivity index (χ1v) is 8.77. The zero-order valence-electron chi connectivity index (χ0n) is 13.7. The minimum atomic E-state index is 0.334. The van der Waals surface area contributed by atoms with Crippen molar-refractivity contribution in [2.75, 3.05) is 39.3 Å². The van der Waals surface area contributed by atoms with Crippen LogP contribution in [0.4, 0.5) is 0 Å². The molecule has 1 aliphatic heterocycles. The van der Waals surface area contributed by atoms with Crippen molar-refractivity contribution >= 4 is 0 Å². The molecule has 0 unspecified atom stereocenters. The lowest BCUT2D eigenvalue weighted by molar-refractivity contribution is 0.0961. The third-order valence-electron chi connectivity index (χ3n) is 5.38. The van der Waals surface area contributed by atoms with Crippen LogP contribution < -0.4 is 5.73 Å². The molecule has 0 bridgehead atoms. The molecule has 0 aromatic rings. The van der Waals surface area contributed by atoms with Crippen LogP contribution in [0.25, 0.3) is 0 Å². The molecular weight excluding hydrogens is 246 g/mol. The van der Waals surface area contributed by atoms with Crippen LogP contribution in [0, 0.1) is 5.41 Å². The highest BCUT2D eigenvalue weighted by atomic mass is 15.3. The molecule has 1 saturated heterocycles. The molecule has 0 aromatic carbocycles. The van der Waals surface area contributed by atoms with Crippen LogP contribution in [0.3, 0.4) is 0 Å². The molecule has 0 atom stereocenters. The predicted octanol–water partition coefficient (Wildman–Crippen LogP) is 2.70. The molecule has 2 fully saturated rings. The van der Waals surface area contributed by atoms with Crippen LogP contribution in [-0.4, -0.2) is 55.1 Å². The normalized spacial score (nSPS) is 23.6. The van der Waals surface area contributed by atoms with E-state index in [4.69, 9.17) is 5.73 Å². The number of hydrogen-bond acceptors (Lipinski definition) is 3. The van der Waals surface area contributed by atoms with Gasteiger partial charge in [0, 0.05) is 32.2 Å². The summed E-state index contributed by atoms with van der Waals surface area (Å²) in [5.41, 5.74) is 6.12. The van der Waals surface area contributed by atoms with Crippen molar-refractivity contribution in [1.82, 2.24) is 9.80 Å². The maximum Gasteiger partial charge on any atom is 0.0113 e. The molecule has 3 nitrogen and oxygen atoms in total. The summed E-state index contributed by atoms with van der Waals surface area (Å²) in [7, 11) is 0. The third-order valence-corrected chi connectivity index (χ3v) is 5.38. The second-order valence-electron chi connectivity index (χ2n) is 7.64. The Morgan fingerprint density at radius 3 is 2.25 bits per heavy atom. The van der Waals surface area contributed by atoms with E-state index in [-0.39, 0.29) is 0 Å². The average molecular weight is 281 g/mol. The first-order valence-electron chi connectivity index (χ1n) is 8.77. The summed E-state index contributed by atoms with van der Waals surface area (Å²) in [6.45, 7) is 11.9. The Bertz CT molecular complexity index is 263. The molecule has 0 aromatic heterocycles. The fourth-order valence-electron chi connectivity index (χ4n) is 3.66. The molecular formula is C17H35N3. The molecule has 3 heteroatoms. The lowest BCUT2D eigenvalue weighted by Gasteiger charge is -2.38. The molecule has 118 valence electrons. The standard InChI is InChI=1S/C17H35N3/c1-17(2,15-18)9-5-6-10-19-11-13-20(14-12-19)16-7-3-4-8-16/h16H,3-15,18H2,1-2H3. The summed E-state index contributed by atoms with van der Waals surface area (Å²) < 4.78 is 0. The Balaban J connectivity index is 1.55. The highest BCUT2D eigenvalue weighted by Crippen LogP contribution is 2.24. The zero-order valence-corrected chi connectivity index (χ0v) is 13.7. The maximum absolute atomic E-state index is 5.79. The molecule has 2 N–H and O–H groups in total. The Morgan fingerprint density at radius 1 is 1.00 bits per heavy atom.